The summed E-state index contributed by atoms with van der Waals surface area (Å²) in [7, 11) is 1.99. The number of anilines is 1. The van der Waals surface area contributed by atoms with Crippen LogP contribution < -0.4 is 4.90 Å². The van der Waals surface area contributed by atoms with Crippen molar-refractivity contribution in [1.29, 1.82) is 5.26 Å². The van der Waals surface area contributed by atoms with E-state index < -0.39 is 0 Å². The van der Waals surface area contributed by atoms with Gasteiger partial charge in [0.05, 0.1) is 33.7 Å². The topological polar surface area (TPSA) is 44.9 Å². The van der Waals surface area contributed by atoms with Crippen LogP contribution in [0.5, 0.6) is 0 Å². The lowest BCUT2D eigenvalue weighted by Crippen LogP contribution is -2.20. The molecule has 20 heavy (non-hydrogen) atoms. The first-order valence-electron chi connectivity index (χ1n) is 6.50. The fourth-order valence-corrected chi connectivity index (χ4v) is 2.64. The van der Waals surface area contributed by atoms with Crippen molar-refractivity contribution >= 4 is 21.6 Å². The molecule has 2 aromatic rings. The summed E-state index contributed by atoms with van der Waals surface area (Å²) >= 11 is 3.60. The van der Waals surface area contributed by atoms with Gasteiger partial charge in [0.2, 0.25) is 0 Å². The normalized spacial score (nSPS) is 10.3. The summed E-state index contributed by atoms with van der Waals surface area (Å²) in [6.45, 7) is 5.60. The Hall–Kier alpha value is -1.80. The van der Waals surface area contributed by atoms with Crippen molar-refractivity contribution in [2.75, 3.05) is 11.9 Å². The van der Waals surface area contributed by atoms with Crippen molar-refractivity contribution < 1.29 is 0 Å². The summed E-state index contributed by atoms with van der Waals surface area (Å²) in [5.41, 5.74) is 3.73. The van der Waals surface area contributed by atoms with E-state index in [0.717, 1.165) is 28.1 Å². The zero-order valence-corrected chi connectivity index (χ0v) is 13.5. The Balaban J connectivity index is 2.33. The SMILES string of the molecule is CCn1nc(C)c(Br)c1CN(C)c1ccccc1C#N. The predicted molar refractivity (Wildman–Crippen MR) is 83.6 cm³/mol. The predicted octanol–water partition coefficient (Wildman–Crippen LogP) is 3.48. The Bertz CT molecular complexity index is 654. The number of halogens is 1. The Morgan fingerprint density at radius 3 is 2.75 bits per heavy atom. The molecule has 0 aliphatic rings. The number of benzene rings is 1. The first-order valence-corrected chi connectivity index (χ1v) is 7.29. The summed E-state index contributed by atoms with van der Waals surface area (Å²) < 4.78 is 3.03. The second-order valence-corrected chi connectivity index (χ2v) is 5.44. The number of hydrogen-bond acceptors (Lipinski definition) is 3. The highest BCUT2D eigenvalue weighted by Crippen LogP contribution is 2.25. The van der Waals surface area contributed by atoms with E-state index in [9.17, 15) is 5.26 Å². The molecule has 0 atom stereocenters. The first-order chi connectivity index (χ1) is 9.58. The smallest absolute Gasteiger partial charge is 0.101 e. The van der Waals surface area contributed by atoms with Crippen LogP contribution in [-0.4, -0.2) is 16.8 Å². The summed E-state index contributed by atoms with van der Waals surface area (Å²) in [4.78, 5) is 2.08. The van der Waals surface area contributed by atoms with Gasteiger partial charge in [-0.25, -0.2) is 0 Å². The molecule has 104 valence electrons. The van der Waals surface area contributed by atoms with Crippen LogP contribution >= 0.6 is 15.9 Å². The highest BCUT2D eigenvalue weighted by molar-refractivity contribution is 9.10. The molecule has 4 nitrogen and oxygen atoms in total. The molecule has 0 spiro atoms. The second-order valence-electron chi connectivity index (χ2n) is 4.65. The van der Waals surface area contributed by atoms with E-state index in [2.05, 4.69) is 38.9 Å². The molecular formula is C15H17BrN4. The van der Waals surface area contributed by atoms with Gasteiger partial charge < -0.3 is 4.90 Å². The first kappa shape index (κ1) is 14.6. The van der Waals surface area contributed by atoms with Gasteiger partial charge in [0.15, 0.2) is 0 Å². The fourth-order valence-electron chi connectivity index (χ4n) is 2.23. The maximum atomic E-state index is 9.19. The van der Waals surface area contributed by atoms with Crippen LogP contribution in [0.4, 0.5) is 5.69 Å². The number of aryl methyl sites for hydroxylation is 2. The zero-order valence-electron chi connectivity index (χ0n) is 11.9. The Kier molecular flexibility index (Phi) is 4.46. The number of para-hydroxylation sites is 1. The van der Waals surface area contributed by atoms with Crippen LogP contribution in [0.15, 0.2) is 28.7 Å². The van der Waals surface area contributed by atoms with Crippen molar-refractivity contribution in [2.45, 2.75) is 26.9 Å². The van der Waals surface area contributed by atoms with Crippen molar-refractivity contribution in [3.8, 4) is 6.07 Å². The van der Waals surface area contributed by atoms with Crippen LogP contribution in [0.25, 0.3) is 0 Å². The Labute approximate surface area is 127 Å². The van der Waals surface area contributed by atoms with E-state index in [1.54, 1.807) is 0 Å². The molecule has 0 N–H and O–H groups in total. The molecule has 1 heterocycles. The molecule has 0 saturated heterocycles. The molecule has 0 saturated carbocycles. The van der Waals surface area contributed by atoms with Crippen LogP contribution in [0.2, 0.25) is 0 Å². The molecule has 0 radical (unpaired) electrons. The molecule has 0 bridgehead atoms. The van der Waals surface area contributed by atoms with Crippen LogP contribution in [0.1, 0.15) is 23.9 Å². The quantitative estimate of drug-likeness (QED) is 0.860. The van der Waals surface area contributed by atoms with E-state index >= 15 is 0 Å². The van der Waals surface area contributed by atoms with Crippen molar-refractivity contribution in [3.05, 3.63) is 45.7 Å². The van der Waals surface area contributed by atoms with Gasteiger partial charge in [0.25, 0.3) is 0 Å². The third kappa shape index (κ3) is 2.70. The minimum absolute atomic E-state index is 0.686. The monoisotopic (exact) mass is 332 g/mol. The van der Waals surface area contributed by atoms with Gasteiger partial charge >= 0.3 is 0 Å². The van der Waals surface area contributed by atoms with E-state index in [1.807, 2.05) is 42.9 Å². The minimum atomic E-state index is 0.686. The molecular weight excluding hydrogens is 316 g/mol. The average Bonchev–Trinajstić information content (AvgIpc) is 2.74. The lowest BCUT2D eigenvalue weighted by atomic mass is 10.2. The molecule has 1 aromatic carbocycles. The lowest BCUT2D eigenvalue weighted by Gasteiger charge is -2.21. The molecule has 0 fully saturated rings. The molecule has 1 aromatic heterocycles. The van der Waals surface area contributed by atoms with Gasteiger partial charge in [-0.05, 0) is 41.9 Å². The van der Waals surface area contributed by atoms with Crippen LogP contribution in [-0.2, 0) is 13.1 Å². The second kappa shape index (κ2) is 6.10. The van der Waals surface area contributed by atoms with Crippen molar-refractivity contribution in [2.24, 2.45) is 0 Å². The summed E-state index contributed by atoms with van der Waals surface area (Å²) in [6, 6.07) is 9.87. The van der Waals surface area contributed by atoms with Gasteiger partial charge in [-0.15, -0.1) is 0 Å². The van der Waals surface area contributed by atoms with Crippen molar-refractivity contribution in [3.63, 3.8) is 0 Å². The minimum Gasteiger partial charge on any atom is -0.368 e. The molecule has 5 heteroatoms. The Morgan fingerprint density at radius 1 is 1.40 bits per heavy atom. The van der Waals surface area contributed by atoms with E-state index in [4.69, 9.17) is 0 Å². The van der Waals surface area contributed by atoms with Crippen LogP contribution in [0.3, 0.4) is 0 Å². The van der Waals surface area contributed by atoms with Gasteiger partial charge in [-0.2, -0.15) is 10.4 Å². The van der Waals surface area contributed by atoms with E-state index in [0.29, 0.717) is 12.1 Å². The van der Waals surface area contributed by atoms with Crippen molar-refractivity contribution in [1.82, 2.24) is 9.78 Å². The third-order valence-corrected chi connectivity index (χ3v) is 4.31. The van der Waals surface area contributed by atoms with E-state index in [1.165, 1.54) is 0 Å². The number of hydrogen-bond donors (Lipinski definition) is 0. The summed E-state index contributed by atoms with van der Waals surface area (Å²) in [6.07, 6.45) is 0. The van der Waals surface area contributed by atoms with Gasteiger partial charge in [-0.3, -0.25) is 4.68 Å². The summed E-state index contributed by atoms with van der Waals surface area (Å²) in [5, 5.41) is 13.7. The molecule has 2 rings (SSSR count). The fraction of sp³-hybridized carbons (Fsp3) is 0.333. The number of aromatic nitrogens is 2. The molecule has 0 aliphatic heterocycles. The Morgan fingerprint density at radius 2 is 2.10 bits per heavy atom. The molecule has 0 unspecified atom stereocenters. The van der Waals surface area contributed by atoms with Gasteiger partial charge in [-0.1, -0.05) is 12.1 Å². The number of nitriles is 1. The average molecular weight is 333 g/mol. The van der Waals surface area contributed by atoms with E-state index in [-0.39, 0.29) is 0 Å². The maximum Gasteiger partial charge on any atom is 0.101 e. The highest BCUT2D eigenvalue weighted by Gasteiger charge is 2.15. The molecule has 0 amide bonds. The lowest BCUT2D eigenvalue weighted by molar-refractivity contribution is 0.612. The highest BCUT2D eigenvalue weighted by atomic mass is 79.9. The van der Waals surface area contributed by atoms with Gasteiger partial charge in [0.1, 0.15) is 6.07 Å². The summed E-state index contributed by atoms with van der Waals surface area (Å²) in [5.74, 6) is 0. The zero-order chi connectivity index (χ0) is 14.7. The molecule has 0 aliphatic carbocycles. The number of nitrogens with zero attached hydrogens (tertiary/aromatic N) is 4. The largest absolute Gasteiger partial charge is 0.368 e. The maximum absolute atomic E-state index is 9.19. The van der Waals surface area contributed by atoms with Gasteiger partial charge in [0, 0.05) is 13.6 Å². The third-order valence-electron chi connectivity index (χ3n) is 3.28. The number of rotatable bonds is 4. The van der Waals surface area contributed by atoms with Crippen LogP contribution in [0, 0.1) is 18.3 Å². The standard InChI is InChI=1S/C15H17BrN4/c1-4-20-14(15(16)11(2)18-20)10-19(3)13-8-6-5-7-12(13)9-17/h5-8H,4,10H2,1-3H3.